The lowest BCUT2D eigenvalue weighted by atomic mass is 10.2. The molecule has 0 unspecified atom stereocenters. The number of carbonyl (C=O) groups is 2. The Bertz CT molecular complexity index is 855. The second-order valence-corrected chi connectivity index (χ2v) is 5.78. The highest BCUT2D eigenvalue weighted by atomic mass is 35.5. The lowest BCUT2D eigenvalue weighted by Crippen LogP contribution is -2.21. The number of nitrogens with one attached hydrogen (secondary N) is 1. The van der Waals surface area contributed by atoms with Crippen LogP contribution in [0.1, 0.15) is 15.9 Å². The van der Waals surface area contributed by atoms with Gasteiger partial charge in [0.25, 0.3) is 5.91 Å². The van der Waals surface area contributed by atoms with Gasteiger partial charge in [0.15, 0.2) is 12.4 Å². The van der Waals surface area contributed by atoms with Crippen LogP contribution < -0.4 is 10.1 Å². The molecule has 2 aromatic rings. The third-order valence-corrected chi connectivity index (χ3v) is 4.03. The summed E-state index contributed by atoms with van der Waals surface area (Å²) in [5.41, 5.74) is 0.677. The van der Waals surface area contributed by atoms with Gasteiger partial charge in [0, 0.05) is 11.6 Å². The molecule has 0 atom stereocenters. The average Bonchev–Trinajstić information content (AvgIpc) is 2.60. The molecule has 9 heteroatoms. The zero-order valence-corrected chi connectivity index (χ0v) is 14.4. The van der Waals surface area contributed by atoms with Gasteiger partial charge in [-0.2, -0.15) is 0 Å². The number of aryl methyl sites for hydroxylation is 1. The van der Waals surface area contributed by atoms with Crippen LogP contribution >= 0.6 is 23.2 Å². The maximum Gasteiger partial charge on any atom is 0.311 e. The topological polar surface area (TPSA) is 98.5 Å². The fraction of sp³-hybridized carbons (Fsp3) is 0.125. The third-order valence-electron chi connectivity index (χ3n) is 3.22. The van der Waals surface area contributed by atoms with E-state index in [0.29, 0.717) is 11.3 Å². The van der Waals surface area contributed by atoms with E-state index in [0.717, 1.165) is 11.6 Å². The molecular formula is C16H12Cl2N2O5. The Morgan fingerprint density at radius 3 is 2.68 bits per heavy atom. The number of aldehydes is 1. The molecule has 2 rings (SSSR count). The van der Waals surface area contributed by atoms with Crippen LogP contribution in [0.25, 0.3) is 0 Å². The van der Waals surface area contributed by atoms with Crippen molar-refractivity contribution in [1.82, 2.24) is 0 Å². The van der Waals surface area contributed by atoms with Gasteiger partial charge in [0.05, 0.1) is 20.7 Å². The number of nitro benzene ring substituents is 1. The van der Waals surface area contributed by atoms with Crippen LogP contribution in [0.15, 0.2) is 30.3 Å². The van der Waals surface area contributed by atoms with Crippen molar-refractivity contribution in [2.75, 3.05) is 11.9 Å². The van der Waals surface area contributed by atoms with Gasteiger partial charge in [0.1, 0.15) is 6.29 Å². The number of hydrogen-bond acceptors (Lipinski definition) is 5. The number of rotatable bonds is 6. The number of amides is 1. The van der Waals surface area contributed by atoms with E-state index in [-0.39, 0.29) is 22.0 Å². The van der Waals surface area contributed by atoms with E-state index in [1.807, 2.05) is 0 Å². The minimum atomic E-state index is -0.700. The fourth-order valence-electron chi connectivity index (χ4n) is 1.96. The maximum atomic E-state index is 12.0. The summed E-state index contributed by atoms with van der Waals surface area (Å²) >= 11 is 12.1. The van der Waals surface area contributed by atoms with Gasteiger partial charge in [-0.25, -0.2) is 0 Å². The van der Waals surface area contributed by atoms with Crippen LogP contribution in [0.2, 0.25) is 10.0 Å². The Morgan fingerprint density at radius 2 is 2.04 bits per heavy atom. The second-order valence-electron chi connectivity index (χ2n) is 4.99. The molecule has 0 saturated carbocycles. The Hall–Kier alpha value is -2.64. The van der Waals surface area contributed by atoms with E-state index in [4.69, 9.17) is 27.9 Å². The summed E-state index contributed by atoms with van der Waals surface area (Å²) in [5, 5.41) is 14.1. The fourth-order valence-corrected chi connectivity index (χ4v) is 2.43. The van der Waals surface area contributed by atoms with Crippen molar-refractivity contribution in [3.63, 3.8) is 0 Å². The van der Waals surface area contributed by atoms with Gasteiger partial charge in [0.2, 0.25) is 0 Å². The van der Waals surface area contributed by atoms with Gasteiger partial charge in [-0.1, -0.05) is 29.3 Å². The number of benzene rings is 2. The molecule has 0 bridgehead atoms. The summed E-state index contributed by atoms with van der Waals surface area (Å²) in [6, 6.07) is 6.95. The number of nitrogens with zero attached hydrogens (tertiary/aromatic N) is 1. The molecule has 0 aromatic heterocycles. The smallest absolute Gasteiger partial charge is 0.311 e. The molecule has 7 nitrogen and oxygen atoms in total. The average molecular weight is 383 g/mol. The zero-order valence-electron chi connectivity index (χ0n) is 12.9. The maximum absolute atomic E-state index is 12.0. The third kappa shape index (κ3) is 4.46. The van der Waals surface area contributed by atoms with E-state index in [1.54, 1.807) is 19.1 Å². The predicted octanol–water partition coefficient (Wildman–Crippen LogP) is 4.04. The number of anilines is 1. The lowest BCUT2D eigenvalue weighted by Gasteiger charge is -2.12. The Balaban J connectivity index is 2.12. The van der Waals surface area contributed by atoms with Gasteiger partial charge >= 0.3 is 5.69 Å². The molecule has 0 spiro atoms. The number of hydrogen-bond donors (Lipinski definition) is 1. The van der Waals surface area contributed by atoms with Gasteiger partial charge in [-0.3, -0.25) is 19.7 Å². The molecule has 2 aromatic carbocycles. The highest BCUT2D eigenvalue weighted by Crippen LogP contribution is 2.33. The second kappa shape index (κ2) is 7.96. The van der Waals surface area contributed by atoms with Crippen LogP contribution in [0, 0.1) is 17.0 Å². The van der Waals surface area contributed by atoms with Gasteiger partial charge < -0.3 is 10.1 Å². The van der Waals surface area contributed by atoms with Gasteiger partial charge in [-0.05, 0) is 30.7 Å². The van der Waals surface area contributed by atoms with Crippen molar-refractivity contribution in [2.45, 2.75) is 6.92 Å². The molecule has 0 fully saturated rings. The van der Waals surface area contributed by atoms with Crippen molar-refractivity contribution in [2.24, 2.45) is 0 Å². The lowest BCUT2D eigenvalue weighted by molar-refractivity contribution is -0.385. The summed E-state index contributed by atoms with van der Waals surface area (Å²) in [6.07, 6.45) is 0.477. The molecule has 0 radical (unpaired) electrons. The van der Waals surface area contributed by atoms with E-state index in [2.05, 4.69) is 5.32 Å². The zero-order chi connectivity index (χ0) is 18.6. The van der Waals surface area contributed by atoms with Crippen LogP contribution in [0.5, 0.6) is 5.75 Å². The van der Waals surface area contributed by atoms with Crippen molar-refractivity contribution < 1.29 is 19.2 Å². The van der Waals surface area contributed by atoms with Crippen molar-refractivity contribution in [3.05, 3.63) is 61.6 Å². The quantitative estimate of drug-likeness (QED) is 0.461. The van der Waals surface area contributed by atoms with Crippen LogP contribution in [0.3, 0.4) is 0 Å². The highest BCUT2D eigenvalue weighted by molar-refractivity contribution is 6.40. The van der Waals surface area contributed by atoms with E-state index >= 15 is 0 Å². The van der Waals surface area contributed by atoms with E-state index in [9.17, 15) is 19.7 Å². The van der Waals surface area contributed by atoms with Crippen molar-refractivity contribution >= 4 is 46.8 Å². The Kier molecular flexibility index (Phi) is 5.95. The predicted molar refractivity (Wildman–Crippen MR) is 93.8 cm³/mol. The molecule has 130 valence electrons. The normalized spacial score (nSPS) is 10.2. The number of halogens is 2. The summed E-state index contributed by atoms with van der Waals surface area (Å²) in [4.78, 5) is 33.1. The van der Waals surface area contributed by atoms with Crippen LogP contribution in [-0.2, 0) is 4.79 Å². The molecule has 0 aliphatic carbocycles. The van der Waals surface area contributed by atoms with E-state index in [1.165, 1.54) is 12.1 Å². The van der Waals surface area contributed by atoms with Crippen LogP contribution in [0.4, 0.5) is 11.4 Å². The van der Waals surface area contributed by atoms with E-state index < -0.39 is 23.1 Å². The number of ether oxygens (including phenoxy) is 1. The summed E-state index contributed by atoms with van der Waals surface area (Å²) in [5.74, 6) is -0.727. The van der Waals surface area contributed by atoms with Crippen molar-refractivity contribution in [1.29, 1.82) is 0 Å². The Morgan fingerprint density at radius 1 is 1.32 bits per heavy atom. The monoisotopic (exact) mass is 382 g/mol. The number of carbonyl (C=O) groups excluding carboxylic acids is 2. The first kappa shape index (κ1) is 18.7. The highest BCUT2D eigenvalue weighted by Gasteiger charge is 2.18. The summed E-state index contributed by atoms with van der Waals surface area (Å²) < 4.78 is 5.19. The standard InChI is InChI=1S/C16H12Cl2N2O5/c1-9-2-4-11(17)16(15(9)18)19-14(22)8-25-13-5-3-10(7-21)6-12(13)20(23)24/h2-7H,8H2,1H3,(H,19,22). The first-order valence-corrected chi connectivity index (χ1v) is 7.70. The molecule has 1 amide bonds. The molecule has 1 N–H and O–H groups in total. The Labute approximate surface area is 152 Å². The molecular weight excluding hydrogens is 371 g/mol. The van der Waals surface area contributed by atoms with Crippen LogP contribution in [-0.4, -0.2) is 23.7 Å². The number of nitro groups is 1. The SMILES string of the molecule is Cc1ccc(Cl)c(NC(=O)COc2ccc(C=O)cc2[N+](=O)[O-])c1Cl. The molecule has 0 saturated heterocycles. The first-order valence-electron chi connectivity index (χ1n) is 6.94. The molecule has 0 heterocycles. The summed E-state index contributed by atoms with van der Waals surface area (Å²) in [7, 11) is 0. The largest absolute Gasteiger partial charge is 0.477 e. The first-order chi connectivity index (χ1) is 11.8. The van der Waals surface area contributed by atoms with Gasteiger partial charge in [-0.15, -0.1) is 0 Å². The van der Waals surface area contributed by atoms with Crippen molar-refractivity contribution in [3.8, 4) is 5.75 Å². The molecule has 0 aliphatic rings. The molecule has 0 aliphatic heterocycles. The minimum absolute atomic E-state index is 0.127. The summed E-state index contributed by atoms with van der Waals surface area (Å²) in [6.45, 7) is 1.25. The minimum Gasteiger partial charge on any atom is -0.477 e. The molecule has 25 heavy (non-hydrogen) atoms.